The lowest BCUT2D eigenvalue weighted by Gasteiger charge is -2.16. The Morgan fingerprint density at radius 2 is 2.12 bits per heavy atom. The van der Waals surface area contributed by atoms with Gasteiger partial charge in [-0.15, -0.1) is 0 Å². The highest BCUT2D eigenvalue weighted by atomic mass is 19.1. The van der Waals surface area contributed by atoms with Crippen LogP contribution in [0.5, 0.6) is 0 Å². The second-order valence-corrected chi connectivity index (χ2v) is 5.90. The van der Waals surface area contributed by atoms with Gasteiger partial charge < -0.3 is 19.7 Å². The molecule has 1 saturated heterocycles. The van der Waals surface area contributed by atoms with Gasteiger partial charge in [-0.2, -0.15) is 0 Å². The number of benzene rings is 1. The lowest BCUT2D eigenvalue weighted by Crippen LogP contribution is -2.39. The largest absolute Gasteiger partial charge is 0.481 e. The van der Waals surface area contributed by atoms with Crippen molar-refractivity contribution in [3.05, 3.63) is 42.0 Å². The van der Waals surface area contributed by atoms with E-state index in [1.165, 1.54) is 23.3 Å². The van der Waals surface area contributed by atoms with Crippen molar-refractivity contribution in [3.8, 4) is 11.5 Å². The van der Waals surface area contributed by atoms with E-state index in [-0.39, 0.29) is 18.4 Å². The maximum atomic E-state index is 12.9. The summed E-state index contributed by atoms with van der Waals surface area (Å²) < 4.78 is 18.3. The van der Waals surface area contributed by atoms with Gasteiger partial charge in [0.2, 0.25) is 5.89 Å². The number of carbonyl (C=O) groups is 2. The van der Waals surface area contributed by atoms with Crippen molar-refractivity contribution < 1.29 is 23.5 Å². The molecule has 1 unspecified atom stereocenters. The molecule has 2 aromatic rings. The van der Waals surface area contributed by atoms with Crippen LogP contribution < -0.4 is 5.32 Å². The Morgan fingerprint density at radius 3 is 2.80 bits per heavy atom. The Kier molecular flexibility index (Phi) is 4.97. The quantitative estimate of drug-likeness (QED) is 0.864. The second-order valence-electron chi connectivity index (χ2n) is 5.90. The van der Waals surface area contributed by atoms with E-state index in [0.29, 0.717) is 43.1 Å². The number of oxazole rings is 1. The number of hydrogen-bond acceptors (Lipinski definition) is 4. The molecule has 1 aliphatic heterocycles. The number of urea groups is 1. The average Bonchev–Trinajstić information content (AvgIpc) is 3.25. The van der Waals surface area contributed by atoms with Crippen LogP contribution in [-0.2, 0) is 11.2 Å². The highest BCUT2D eigenvalue weighted by Gasteiger charge is 2.30. The third-order valence-corrected chi connectivity index (χ3v) is 4.12. The minimum atomic E-state index is -0.869. The lowest BCUT2D eigenvalue weighted by atomic mass is 10.1. The second kappa shape index (κ2) is 7.33. The van der Waals surface area contributed by atoms with Gasteiger partial charge in [0.1, 0.15) is 12.1 Å². The molecule has 7 nitrogen and oxygen atoms in total. The van der Waals surface area contributed by atoms with E-state index in [2.05, 4.69) is 10.3 Å². The third kappa shape index (κ3) is 4.14. The molecule has 2 N–H and O–H groups in total. The molecule has 1 aliphatic rings. The smallest absolute Gasteiger partial charge is 0.317 e. The number of carbonyl (C=O) groups excluding carboxylic acids is 1. The number of aliphatic carboxylic acids is 1. The van der Waals surface area contributed by atoms with Gasteiger partial charge in [-0.25, -0.2) is 14.2 Å². The van der Waals surface area contributed by atoms with Gasteiger partial charge in [0.15, 0.2) is 0 Å². The van der Waals surface area contributed by atoms with E-state index in [1.54, 1.807) is 12.1 Å². The highest BCUT2D eigenvalue weighted by Crippen LogP contribution is 2.19. The lowest BCUT2D eigenvalue weighted by molar-refractivity contribution is -0.141. The number of hydrogen-bond donors (Lipinski definition) is 2. The van der Waals surface area contributed by atoms with E-state index >= 15 is 0 Å². The molecule has 2 amide bonds. The average molecular weight is 347 g/mol. The van der Waals surface area contributed by atoms with Gasteiger partial charge in [-0.05, 0) is 30.7 Å². The summed E-state index contributed by atoms with van der Waals surface area (Å²) in [6.07, 6.45) is 2.46. The monoisotopic (exact) mass is 347 g/mol. The standard InChI is InChI=1S/C17H18FN3O4/c18-13-3-1-11(2-4-13)15-20-14(10-25-15)5-7-19-17(24)21-8-6-12(9-21)16(22)23/h1-4,10,12H,5-9H2,(H,19,24)(H,22,23). The zero-order valence-corrected chi connectivity index (χ0v) is 13.4. The van der Waals surface area contributed by atoms with Crippen molar-refractivity contribution in [1.29, 1.82) is 0 Å². The fraction of sp³-hybridized carbons (Fsp3) is 0.353. The summed E-state index contributed by atoms with van der Waals surface area (Å²) in [5.74, 6) is -1.29. The van der Waals surface area contributed by atoms with Gasteiger partial charge in [-0.3, -0.25) is 4.79 Å². The number of carboxylic acids is 1. The molecule has 1 aromatic carbocycles. The number of nitrogens with one attached hydrogen (secondary N) is 1. The number of halogens is 1. The highest BCUT2D eigenvalue weighted by molar-refractivity contribution is 5.77. The van der Waals surface area contributed by atoms with Crippen LogP contribution >= 0.6 is 0 Å². The fourth-order valence-corrected chi connectivity index (χ4v) is 2.70. The Labute approximate surface area is 143 Å². The molecule has 132 valence electrons. The Hall–Kier alpha value is -2.90. The van der Waals surface area contributed by atoms with Gasteiger partial charge >= 0.3 is 12.0 Å². The van der Waals surface area contributed by atoms with Gasteiger partial charge in [0.25, 0.3) is 0 Å². The first-order valence-electron chi connectivity index (χ1n) is 7.99. The molecule has 0 aliphatic carbocycles. The van der Waals surface area contributed by atoms with Crippen LogP contribution in [-0.4, -0.2) is 46.6 Å². The molecular weight excluding hydrogens is 329 g/mol. The maximum Gasteiger partial charge on any atom is 0.317 e. The van der Waals surface area contributed by atoms with E-state index in [9.17, 15) is 14.0 Å². The zero-order valence-electron chi connectivity index (χ0n) is 13.4. The molecule has 3 rings (SSSR count). The van der Waals surface area contributed by atoms with Crippen molar-refractivity contribution in [2.24, 2.45) is 5.92 Å². The molecule has 0 radical (unpaired) electrons. The topological polar surface area (TPSA) is 95.7 Å². The third-order valence-electron chi connectivity index (χ3n) is 4.12. The summed E-state index contributed by atoms with van der Waals surface area (Å²) in [4.78, 5) is 28.7. The minimum absolute atomic E-state index is 0.236. The van der Waals surface area contributed by atoms with Crippen molar-refractivity contribution in [2.45, 2.75) is 12.8 Å². The van der Waals surface area contributed by atoms with E-state index in [0.717, 1.165) is 0 Å². The molecule has 2 heterocycles. The summed E-state index contributed by atoms with van der Waals surface area (Å²) in [5.41, 5.74) is 1.35. The number of rotatable bonds is 5. The number of carboxylic acid groups (broad SMARTS) is 1. The summed E-state index contributed by atoms with van der Waals surface area (Å²) in [6.45, 7) is 1.05. The van der Waals surface area contributed by atoms with Gasteiger partial charge in [-0.1, -0.05) is 0 Å². The van der Waals surface area contributed by atoms with Gasteiger partial charge in [0.05, 0.1) is 11.6 Å². The van der Waals surface area contributed by atoms with Crippen LogP contribution in [0.15, 0.2) is 34.9 Å². The molecule has 25 heavy (non-hydrogen) atoms. The number of nitrogens with zero attached hydrogens (tertiary/aromatic N) is 2. The van der Waals surface area contributed by atoms with Crippen LogP contribution in [0, 0.1) is 11.7 Å². The molecule has 1 aromatic heterocycles. The summed E-state index contributed by atoms with van der Waals surface area (Å²) >= 11 is 0. The van der Waals surface area contributed by atoms with Crippen molar-refractivity contribution >= 4 is 12.0 Å². The molecule has 1 atom stereocenters. The van der Waals surface area contributed by atoms with Crippen molar-refractivity contribution in [2.75, 3.05) is 19.6 Å². The fourth-order valence-electron chi connectivity index (χ4n) is 2.70. The Bertz CT molecular complexity index is 760. The Morgan fingerprint density at radius 1 is 1.36 bits per heavy atom. The van der Waals surface area contributed by atoms with Crippen LogP contribution in [0.25, 0.3) is 11.5 Å². The minimum Gasteiger partial charge on any atom is -0.481 e. The molecular formula is C17H18FN3O4. The van der Waals surface area contributed by atoms with Gasteiger partial charge in [0, 0.05) is 31.6 Å². The Balaban J connectivity index is 1.47. The zero-order chi connectivity index (χ0) is 17.8. The van der Waals surface area contributed by atoms with E-state index < -0.39 is 11.9 Å². The first kappa shape index (κ1) is 16.9. The number of amides is 2. The van der Waals surface area contributed by atoms with Crippen LogP contribution in [0.2, 0.25) is 0 Å². The number of likely N-dealkylation sites (tertiary alicyclic amines) is 1. The summed E-state index contributed by atoms with van der Waals surface area (Å²) in [6, 6.07) is 5.56. The summed E-state index contributed by atoms with van der Waals surface area (Å²) in [7, 11) is 0. The molecule has 8 heteroatoms. The first-order chi connectivity index (χ1) is 12.0. The van der Waals surface area contributed by atoms with E-state index in [4.69, 9.17) is 9.52 Å². The van der Waals surface area contributed by atoms with Crippen molar-refractivity contribution in [3.63, 3.8) is 0 Å². The predicted molar refractivity (Wildman–Crippen MR) is 86.3 cm³/mol. The summed E-state index contributed by atoms with van der Waals surface area (Å²) in [5, 5.41) is 11.7. The molecule has 1 fully saturated rings. The van der Waals surface area contributed by atoms with Crippen LogP contribution in [0.4, 0.5) is 9.18 Å². The van der Waals surface area contributed by atoms with E-state index in [1.807, 2.05) is 0 Å². The number of aromatic nitrogens is 1. The van der Waals surface area contributed by atoms with Crippen LogP contribution in [0.3, 0.4) is 0 Å². The molecule has 0 bridgehead atoms. The normalized spacial score (nSPS) is 16.8. The predicted octanol–water partition coefficient (Wildman–Crippen LogP) is 2.14. The van der Waals surface area contributed by atoms with Crippen molar-refractivity contribution in [1.82, 2.24) is 15.2 Å². The first-order valence-corrected chi connectivity index (χ1v) is 7.99. The molecule has 0 saturated carbocycles. The van der Waals surface area contributed by atoms with Crippen LogP contribution in [0.1, 0.15) is 12.1 Å². The maximum absolute atomic E-state index is 12.9. The SMILES string of the molecule is O=C(O)C1CCN(C(=O)NCCc2coc(-c3ccc(F)cc3)n2)C1. The molecule has 0 spiro atoms.